The number of aromatic nitrogens is 1. The summed E-state index contributed by atoms with van der Waals surface area (Å²) in [6.45, 7) is 3.58. The SMILES string of the molecule is COc1ccc2[nH]cc(C(C)(C)C(O)O)c2c1. The highest BCUT2D eigenvalue weighted by atomic mass is 16.5. The number of hydrogen-bond acceptors (Lipinski definition) is 3. The van der Waals surface area contributed by atoms with E-state index in [2.05, 4.69) is 4.98 Å². The first-order valence-corrected chi connectivity index (χ1v) is 5.48. The summed E-state index contributed by atoms with van der Waals surface area (Å²) in [5.41, 5.74) is 1.08. The Morgan fingerprint density at radius 2 is 2.00 bits per heavy atom. The maximum Gasteiger partial charge on any atom is 0.160 e. The van der Waals surface area contributed by atoms with Crippen LogP contribution in [0.4, 0.5) is 0 Å². The van der Waals surface area contributed by atoms with Gasteiger partial charge in [-0.05, 0) is 23.8 Å². The Hall–Kier alpha value is -1.52. The largest absolute Gasteiger partial charge is 0.497 e. The number of benzene rings is 1. The van der Waals surface area contributed by atoms with Crippen LogP contribution in [0.5, 0.6) is 5.75 Å². The maximum atomic E-state index is 9.45. The van der Waals surface area contributed by atoms with Crippen LogP contribution in [0.15, 0.2) is 24.4 Å². The number of rotatable bonds is 3. The van der Waals surface area contributed by atoms with Gasteiger partial charge in [0.15, 0.2) is 6.29 Å². The van der Waals surface area contributed by atoms with Gasteiger partial charge in [-0.1, -0.05) is 13.8 Å². The molecule has 17 heavy (non-hydrogen) atoms. The lowest BCUT2D eigenvalue weighted by Crippen LogP contribution is -2.32. The third-order valence-corrected chi connectivity index (χ3v) is 3.23. The number of H-pyrrole nitrogens is 1. The molecule has 0 bridgehead atoms. The van der Waals surface area contributed by atoms with Gasteiger partial charge in [0.2, 0.25) is 0 Å². The Morgan fingerprint density at radius 3 is 2.59 bits per heavy atom. The van der Waals surface area contributed by atoms with Gasteiger partial charge < -0.3 is 19.9 Å². The second-order valence-electron chi connectivity index (χ2n) is 4.71. The molecule has 0 saturated carbocycles. The summed E-state index contributed by atoms with van der Waals surface area (Å²) in [5, 5.41) is 19.8. The summed E-state index contributed by atoms with van der Waals surface area (Å²) in [6, 6.07) is 5.67. The fourth-order valence-electron chi connectivity index (χ4n) is 1.90. The monoisotopic (exact) mass is 235 g/mol. The molecule has 0 aliphatic carbocycles. The number of aliphatic hydroxyl groups is 2. The van der Waals surface area contributed by atoms with Crippen molar-refractivity contribution in [2.75, 3.05) is 7.11 Å². The van der Waals surface area contributed by atoms with Crippen LogP contribution in [-0.4, -0.2) is 28.6 Å². The highest BCUT2D eigenvalue weighted by Gasteiger charge is 2.30. The number of aromatic amines is 1. The maximum absolute atomic E-state index is 9.45. The van der Waals surface area contributed by atoms with E-state index >= 15 is 0 Å². The van der Waals surface area contributed by atoms with E-state index in [-0.39, 0.29) is 0 Å². The molecule has 2 rings (SSSR count). The minimum atomic E-state index is -1.41. The van der Waals surface area contributed by atoms with E-state index < -0.39 is 11.7 Å². The van der Waals surface area contributed by atoms with Crippen molar-refractivity contribution in [2.45, 2.75) is 25.6 Å². The minimum absolute atomic E-state index is 0.732. The Balaban J connectivity index is 2.62. The van der Waals surface area contributed by atoms with Crippen LogP contribution in [0.2, 0.25) is 0 Å². The smallest absolute Gasteiger partial charge is 0.160 e. The number of aliphatic hydroxyl groups excluding tert-OH is 1. The van der Waals surface area contributed by atoms with Gasteiger partial charge in [0.05, 0.1) is 7.11 Å². The lowest BCUT2D eigenvalue weighted by atomic mass is 9.84. The van der Waals surface area contributed by atoms with Gasteiger partial charge >= 0.3 is 0 Å². The number of fused-ring (bicyclic) bond motifs is 1. The van der Waals surface area contributed by atoms with Crippen LogP contribution in [0, 0.1) is 0 Å². The average Bonchev–Trinajstić information content (AvgIpc) is 2.71. The standard InChI is InChI=1S/C13H17NO3/c1-13(2,12(15)16)10-7-14-11-5-4-8(17-3)6-9(10)11/h4-7,12,14-16H,1-3H3. The predicted molar refractivity (Wildman–Crippen MR) is 66.1 cm³/mol. The number of ether oxygens (including phenoxy) is 1. The van der Waals surface area contributed by atoms with Gasteiger partial charge in [-0.2, -0.15) is 0 Å². The summed E-state index contributed by atoms with van der Waals surface area (Å²) in [4.78, 5) is 3.12. The molecule has 0 spiro atoms. The van der Waals surface area contributed by atoms with Crippen molar-refractivity contribution in [3.05, 3.63) is 30.0 Å². The van der Waals surface area contributed by atoms with Crippen LogP contribution in [0.3, 0.4) is 0 Å². The van der Waals surface area contributed by atoms with E-state index in [0.717, 1.165) is 22.2 Å². The van der Waals surface area contributed by atoms with Crippen molar-refractivity contribution in [1.82, 2.24) is 4.98 Å². The molecule has 4 nitrogen and oxygen atoms in total. The Morgan fingerprint density at radius 1 is 1.29 bits per heavy atom. The van der Waals surface area contributed by atoms with E-state index in [1.807, 2.05) is 24.4 Å². The first-order valence-electron chi connectivity index (χ1n) is 5.48. The summed E-state index contributed by atoms with van der Waals surface area (Å²) >= 11 is 0. The van der Waals surface area contributed by atoms with E-state index in [4.69, 9.17) is 4.74 Å². The zero-order valence-corrected chi connectivity index (χ0v) is 10.2. The van der Waals surface area contributed by atoms with Crippen molar-refractivity contribution in [1.29, 1.82) is 0 Å². The molecule has 3 N–H and O–H groups in total. The molecule has 0 saturated heterocycles. The molecule has 0 fully saturated rings. The first kappa shape index (κ1) is 12.0. The molecule has 0 radical (unpaired) electrons. The van der Waals surface area contributed by atoms with Gasteiger partial charge in [-0.3, -0.25) is 0 Å². The fourth-order valence-corrected chi connectivity index (χ4v) is 1.90. The third kappa shape index (κ3) is 1.90. The highest BCUT2D eigenvalue weighted by molar-refractivity contribution is 5.85. The molecule has 1 aromatic carbocycles. The van der Waals surface area contributed by atoms with Crippen molar-refractivity contribution in [3.8, 4) is 5.75 Å². The van der Waals surface area contributed by atoms with Gasteiger partial charge in [0.25, 0.3) is 0 Å². The van der Waals surface area contributed by atoms with Crippen molar-refractivity contribution < 1.29 is 14.9 Å². The Labute approximate surface area is 99.8 Å². The molecule has 0 unspecified atom stereocenters. The van der Waals surface area contributed by atoms with Crippen LogP contribution in [0.1, 0.15) is 19.4 Å². The van der Waals surface area contributed by atoms with Gasteiger partial charge in [-0.15, -0.1) is 0 Å². The molecule has 0 aliphatic heterocycles. The normalized spacial score (nSPS) is 12.4. The molecule has 0 atom stereocenters. The predicted octanol–water partition coefficient (Wildman–Crippen LogP) is 1.76. The summed E-state index contributed by atoms with van der Waals surface area (Å²) in [5.74, 6) is 0.751. The van der Waals surface area contributed by atoms with Crippen LogP contribution < -0.4 is 4.74 Å². The van der Waals surface area contributed by atoms with Gasteiger partial charge in [0.1, 0.15) is 5.75 Å². The zero-order valence-electron chi connectivity index (χ0n) is 10.2. The van der Waals surface area contributed by atoms with Crippen LogP contribution >= 0.6 is 0 Å². The summed E-state index contributed by atoms with van der Waals surface area (Å²) < 4.78 is 5.18. The van der Waals surface area contributed by atoms with Crippen LogP contribution in [-0.2, 0) is 5.41 Å². The lowest BCUT2D eigenvalue weighted by Gasteiger charge is -2.26. The molecular formula is C13H17NO3. The molecule has 4 heteroatoms. The van der Waals surface area contributed by atoms with Crippen molar-refractivity contribution in [2.24, 2.45) is 0 Å². The highest BCUT2D eigenvalue weighted by Crippen LogP contribution is 2.34. The average molecular weight is 235 g/mol. The number of methoxy groups -OCH3 is 1. The van der Waals surface area contributed by atoms with E-state index in [0.29, 0.717) is 0 Å². The second kappa shape index (κ2) is 4.05. The Kier molecular flexibility index (Phi) is 2.85. The summed E-state index contributed by atoms with van der Waals surface area (Å²) in [6.07, 6.45) is 0.400. The molecule has 2 aromatic rings. The zero-order chi connectivity index (χ0) is 12.6. The second-order valence-corrected chi connectivity index (χ2v) is 4.71. The van der Waals surface area contributed by atoms with E-state index in [1.165, 1.54) is 0 Å². The van der Waals surface area contributed by atoms with Gasteiger partial charge in [0, 0.05) is 22.5 Å². The molecule has 0 amide bonds. The fraction of sp³-hybridized carbons (Fsp3) is 0.385. The van der Waals surface area contributed by atoms with Crippen LogP contribution in [0.25, 0.3) is 10.9 Å². The van der Waals surface area contributed by atoms with E-state index in [9.17, 15) is 10.2 Å². The number of hydrogen-bond donors (Lipinski definition) is 3. The van der Waals surface area contributed by atoms with Crippen molar-refractivity contribution >= 4 is 10.9 Å². The summed E-state index contributed by atoms with van der Waals surface area (Å²) in [7, 11) is 1.61. The molecule has 0 aliphatic rings. The third-order valence-electron chi connectivity index (χ3n) is 3.23. The Bertz CT molecular complexity index is 528. The van der Waals surface area contributed by atoms with Gasteiger partial charge in [-0.25, -0.2) is 0 Å². The molecule has 92 valence electrons. The topological polar surface area (TPSA) is 65.5 Å². The molecular weight excluding hydrogens is 218 g/mol. The quantitative estimate of drug-likeness (QED) is 0.710. The van der Waals surface area contributed by atoms with Crippen molar-refractivity contribution in [3.63, 3.8) is 0 Å². The lowest BCUT2D eigenvalue weighted by molar-refractivity contribution is -0.0886. The minimum Gasteiger partial charge on any atom is -0.497 e. The van der Waals surface area contributed by atoms with E-state index in [1.54, 1.807) is 21.0 Å². The molecule has 1 heterocycles. The number of nitrogens with one attached hydrogen (secondary N) is 1. The first-order chi connectivity index (χ1) is 7.96. The molecule has 1 aromatic heterocycles.